The summed E-state index contributed by atoms with van der Waals surface area (Å²) in [5.41, 5.74) is 0. The Balaban J connectivity index is 0. The van der Waals surface area contributed by atoms with Crippen molar-refractivity contribution in [3.05, 3.63) is 0 Å². The number of aliphatic hydroxyl groups excluding tert-OH is 16. The number of phosphoric acid groups is 1. The van der Waals surface area contributed by atoms with Crippen molar-refractivity contribution >= 4 is 41.1 Å². The molecule has 0 aliphatic rings. The van der Waals surface area contributed by atoms with Gasteiger partial charge in [0.2, 0.25) is 0 Å². The second kappa shape index (κ2) is 17.5. The molecule has 45 heavy (non-hydrogen) atoms. The molecule has 0 fully saturated rings. The molecule has 0 aliphatic heterocycles. The van der Waals surface area contributed by atoms with Crippen LogP contribution in [0.1, 0.15) is 6.92 Å². The summed E-state index contributed by atoms with van der Waals surface area (Å²) in [4.78, 5) is 10.7. The van der Waals surface area contributed by atoms with E-state index in [2.05, 4.69) is 0 Å². The van der Waals surface area contributed by atoms with Crippen molar-refractivity contribution in [3.8, 4) is 0 Å². The zero-order chi connectivity index (χ0) is 36.0. The van der Waals surface area contributed by atoms with E-state index in [0.717, 1.165) is 6.92 Å². The first kappa shape index (κ1) is 47.8. The molecule has 22 nitrogen and oxygen atoms in total. The third kappa shape index (κ3) is 9.67. The minimum absolute atomic E-state index is 0.728. The van der Waals surface area contributed by atoms with E-state index in [0.29, 0.717) is 0 Å². The van der Waals surface area contributed by atoms with Gasteiger partial charge in [0.15, 0.2) is 0 Å². The summed E-state index contributed by atoms with van der Waals surface area (Å²) in [6.07, 6.45) is -18.9. The van der Waals surface area contributed by atoms with Gasteiger partial charge in [-0.25, -0.2) is 0 Å². The maximum atomic E-state index is 13.9. The van der Waals surface area contributed by atoms with Gasteiger partial charge in [0.25, 0.3) is 0 Å². The second-order valence-corrected chi connectivity index (χ2v) is 33.4. The Morgan fingerprint density at radius 1 is 0.400 bits per heavy atom. The second-order valence-electron chi connectivity index (χ2n) is 11.0. The standard InChI is InChI=1S/C12H36O16P4.C6H15O6P/c13-1-30(2-14,3-15,4-16)26-29(25,27-31(5-17,6-18,7-19)8-20)28-32(9-21,10-22,11-23)12-24;1-6(11)12-13(2-7,3-8,4-9)5-10/h13-24H,1-12H2;7-10H,2-5H2,1H3. The van der Waals surface area contributed by atoms with Gasteiger partial charge < -0.3 is 0 Å². The first-order valence-corrected chi connectivity index (χ1v) is 25.5. The number of carbonyl (C=O) groups excluding carboxylic acids is 1. The van der Waals surface area contributed by atoms with Crippen LogP contribution >= 0.6 is 35.1 Å². The van der Waals surface area contributed by atoms with Crippen LogP contribution in [0.25, 0.3) is 0 Å². The van der Waals surface area contributed by atoms with Crippen molar-refractivity contribution < 1.29 is 109 Å². The fourth-order valence-electron chi connectivity index (χ4n) is 2.76. The number of carbonyl (C=O) groups is 1. The third-order valence-electron chi connectivity index (χ3n) is 7.10. The predicted octanol–water partition coefficient (Wildman–Crippen LogP) is -4.24. The SMILES string of the molecule is CC(=O)OP(CO)(CO)(CO)CO.O=P(OP(CO)(CO)(CO)CO)(OP(CO)(CO)(CO)CO)OP(CO)(CO)(CO)CO. The average Bonchev–Trinajstić information content (AvgIpc) is 3.09. The number of aliphatic hydroxyl groups is 16. The number of rotatable bonds is 23. The van der Waals surface area contributed by atoms with Crippen LogP contribution in [-0.2, 0) is 26.8 Å². The van der Waals surface area contributed by atoms with Crippen LogP contribution in [0.4, 0.5) is 0 Å². The molecule has 0 saturated heterocycles. The number of hydrogen-bond acceptors (Lipinski definition) is 22. The molecular weight excluding hydrogens is 723 g/mol. The van der Waals surface area contributed by atoms with E-state index in [9.17, 15) is 70.6 Å². The molecule has 0 bridgehead atoms. The Morgan fingerprint density at radius 2 is 0.556 bits per heavy atom. The van der Waals surface area contributed by atoms with Crippen molar-refractivity contribution in [2.45, 2.75) is 6.92 Å². The number of hydrogen-bond donors (Lipinski definition) is 16. The van der Waals surface area contributed by atoms with E-state index >= 15 is 0 Å². The molecule has 0 heterocycles. The van der Waals surface area contributed by atoms with Crippen LogP contribution in [-0.4, -0.2) is 189 Å². The Bertz CT molecular complexity index is 790. The van der Waals surface area contributed by atoms with Crippen molar-refractivity contribution in [3.63, 3.8) is 0 Å². The van der Waals surface area contributed by atoms with Crippen LogP contribution in [0.3, 0.4) is 0 Å². The maximum absolute atomic E-state index is 13.9. The molecule has 0 atom stereocenters. The van der Waals surface area contributed by atoms with E-state index in [4.69, 9.17) is 37.9 Å². The normalized spacial score (nSPS) is 17.9. The molecule has 16 N–H and O–H groups in total. The van der Waals surface area contributed by atoms with E-state index in [-0.39, 0.29) is 0 Å². The average molecular weight is 774 g/mol. The quantitative estimate of drug-likeness (QED) is 0.0437. The molecule has 27 heteroatoms. The van der Waals surface area contributed by atoms with E-state index in [1.54, 1.807) is 0 Å². The summed E-state index contributed by atoms with van der Waals surface area (Å²) in [7, 11) is -5.72. The fraction of sp³-hybridized carbons (Fsp3) is 0.944. The van der Waals surface area contributed by atoms with Gasteiger partial charge in [-0.15, -0.1) is 0 Å². The Morgan fingerprint density at radius 3 is 0.644 bits per heavy atom. The molecule has 0 unspecified atom stereocenters. The van der Waals surface area contributed by atoms with Crippen molar-refractivity contribution in [2.75, 3.05) is 102 Å². The van der Waals surface area contributed by atoms with Gasteiger partial charge in [0.05, 0.1) is 0 Å². The summed E-state index contributed by atoms with van der Waals surface area (Å²) in [6, 6.07) is 0. The minimum atomic E-state index is -5.72. The third-order valence-corrected chi connectivity index (χ3v) is 27.3. The first-order chi connectivity index (χ1) is 20.8. The van der Waals surface area contributed by atoms with Crippen molar-refractivity contribution in [1.29, 1.82) is 0 Å². The molecule has 0 amide bonds. The van der Waals surface area contributed by atoms with Gasteiger partial charge >= 0.3 is 258 Å². The van der Waals surface area contributed by atoms with E-state index in [1.807, 2.05) is 0 Å². The van der Waals surface area contributed by atoms with Crippen LogP contribution in [0, 0.1) is 0 Å². The molecule has 280 valence electrons. The monoisotopic (exact) mass is 774 g/mol. The van der Waals surface area contributed by atoms with Crippen molar-refractivity contribution in [1.82, 2.24) is 0 Å². The molecule has 0 radical (unpaired) electrons. The molecule has 0 rings (SSSR count). The molecule has 0 aromatic heterocycles. The van der Waals surface area contributed by atoms with Crippen LogP contribution < -0.4 is 0 Å². The summed E-state index contributed by atoms with van der Waals surface area (Å²) in [5.74, 6) is -0.746. The van der Waals surface area contributed by atoms with Gasteiger partial charge in [-0.1, -0.05) is 0 Å². The first-order valence-electron chi connectivity index (χ1n) is 12.5. The molecule has 0 aromatic carbocycles. The van der Waals surface area contributed by atoms with Crippen LogP contribution in [0.2, 0.25) is 0 Å². The van der Waals surface area contributed by atoms with Crippen LogP contribution in [0.5, 0.6) is 0 Å². The van der Waals surface area contributed by atoms with Crippen molar-refractivity contribution in [2.24, 2.45) is 0 Å². The fourth-order valence-corrected chi connectivity index (χ4v) is 16.3. The predicted molar refractivity (Wildman–Crippen MR) is 164 cm³/mol. The Kier molecular flexibility index (Phi) is 18.6. The summed E-state index contributed by atoms with van der Waals surface area (Å²) < 4.78 is 34.2. The molecule has 0 aliphatic carbocycles. The van der Waals surface area contributed by atoms with E-state index < -0.39 is 143 Å². The summed E-state index contributed by atoms with van der Waals surface area (Å²) in [6.45, 7) is -18.2. The molecular formula is C18H51O22P5. The molecule has 0 spiro atoms. The Labute approximate surface area is 258 Å². The summed E-state index contributed by atoms with van der Waals surface area (Å²) >= 11 is 0. The van der Waals surface area contributed by atoms with Gasteiger partial charge in [-0.05, 0) is 0 Å². The van der Waals surface area contributed by atoms with Gasteiger partial charge in [-0.3, -0.25) is 0 Å². The van der Waals surface area contributed by atoms with E-state index in [1.165, 1.54) is 0 Å². The zero-order valence-corrected chi connectivity index (χ0v) is 29.1. The summed E-state index contributed by atoms with van der Waals surface area (Å²) in [5, 5.41) is 154. The van der Waals surface area contributed by atoms with Crippen LogP contribution in [0.15, 0.2) is 0 Å². The van der Waals surface area contributed by atoms with Gasteiger partial charge in [-0.2, -0.15) is 0 Å². The zero-order valence-electron chi connectivity index (χ0n) is 24.7. The van der Waals surface area contributed by atoms with Gasteiger partial charge in [0, 0.05) is 0 Å². The molecule has 0 aromatic rings. The Hall–Kier alpha value is 0.660. The van der Waals surface area contributed by atoms with Gasteiger partial charge in [0.1, 0.15) is 0 Å². The molecule has 0 saturated carbocycles. The topological polar surface area (TPSA) is 395 Å².